The number of nitrogens with zero attached hydrogens (tertiary/aromatic N) is 5. The first kappa shape index (κ1) is 21.2. The van der Waals surface area contributed by atoms with E-state index < -0.39 is 10.2 Å². The molecule has 164 valence electrons. The quantitative estimate of drug-likeness (QED) is 0.738. The lowest BCUT2D eigenvalue weighted by Gasteiger charge is -2.32. The summed E-state index contributed by atoms with van der Waals surface area (Å²) in [5, 5.41) is 9.00. The zero-order chi connectivity index (χ0) is 21.3. The van der Waals surface area contributed by atoms with Gasteiger partial charge in [0.2, 0.25) is 0 Å². The van der Waals surface area contributed by atoms with Crippen LogP contribution in [-0.4, -0.2) is 64.6 Å². The molecule has 0 amide bonds. The van der Waals surface area contributed by atoms with Gasteiger partial charge in [-0.2, -0.15) is 22.5 Å². The normalized spacial score (nSPS) is 23.5. The third-order valence-corrected chi connectivity index (χ3v) is 7.38. The highest BCUT2D eigenvalue weighted by molar-refractivity contribution is 7.87. The van der Waals surface area contributed by atoms with Gasteiger partial charge in [-0.25, -0.2) is 9.36 Å². The van der Waals surface area contributed by atoms with Crippen LogP contribution in [0.5, 0.6) is 0 Å². The predicted octanol–water partition coefficient (Wildman–Crippen LogP) is 0.696. The minimum absolute atomic E-state index is 0.0569. The largest absolute Gasteiger partial charge is 0.379 e. The zero-order valence-electron chi connectivity index (χ0n) is 17.3. The van der Waals surface area contributed by atoms with E-state index in [1.54, 1.807) is 10.7 Å². The van der Waals surface area contributed by atoms with E-state index in [4.69, 9.17) is 4.74 Å². The average molecular weight is 437 g/mol. The Balaban J connectivity index is 1.43. The van der Waals surface area contributed by atoms with E-state index in [9.17, 15) is 13.2 Å². The molecule has 4 rings (SSSR count). The van der Waals surface area contributed by atoms with Crippen LogP contribution in [0.3, 0.4) is 0 Å². The SMILES string of the molecule is Cc1cc(C)n(-c2ccc(=O)n(C3CCC(NS(=O)(=O)N4CCOCC4)CC3)n2)n1. The monoisotopic (exact) mass is 436 g/mol. The van der Waals surface area contributed by atoms with E-state index in [0.29, 0.717) is 57.8 Å². The number of aryl methyl sites for hydroxylation is 2. The van der Waals surface area contributed by atoms with Gasteiger partial charge in [-0.05, 0) is 51.7 Å². The van der Waals surface area contributed by atoms with Crippen molar-refractivity contribution in [3.8, 4) is 5.82 Å². The van der Waals surface area contributed by atoms with Crippen molar-refractivity contribution in [1.29, 1.82) is 0 Å². The second-order valence-corrected chi connectivity index (χ2v) is 9.66. The number of ether oxygens (including phenoxy) is 1. The van der Waals surface area contributed by atoms with Crippen molar-refractivity contribution < 1.29 is 13.2 Å². The summed E-state index contributed by atoms with van der Waals surface area (Å²) in [5.41, 5.74) is 1.68. The molecule has 0 spiro atoms. The van der Waals surface area contributed by atoms with Crippen LogP contribution in [0.25, 0.3) is 5.82 Å². The van der Waals surface area contributed by atoms with E-state index >= 15 is 0 Å². The van der Waals surface area contributed by atoms with Gasteiger partial charge >= 0.3 is 0 Å². The highest BCUT2D eigenvalue weighted by Gasteiger charge is 2.30. The van der Waals surface area contributed by atoms with Crippen LogP contribution in [0.2, 0.25) is 0 Å². The van der Waals surface area contributed by atoms with Crippen LogP contribution in [0, 0.1) is 13.8 Å². The molecule has 1 aliphatic heterocycles. The third-order valence-electron chi connectivity index (χ3n) is 5.71. The number of hydrogen-bond acceptors (Lipinski definition) is 6. The van der Waals surface area contributed by atoms with Crippen molar-refractivity contribution in [3.63, 3.8) is 0 Å². The van der Waals surface area contributed by atoms with Crippen LogP contribution in [0.15, 0.2) is 23.0 Å². The Bertz CT molecular complexity index is 1050. The van der Waals surface area contributed by atoms with Gasteiger partial charge in [-0.1, -0.05) is 0 Å². The number of hydrogen-bond donors (Lipinski definition) is 1. The fourth-order valence-electron chi connectivity index (χ4n) is 4.16. The molecule has 0 bridgehead atoms. The van der Waals surface area contributed by atoms with E-state index in [0.717, 1.165) is 11.4 Å². The summed E-state index contributed by atoms with van der Waals surface area (Å²) in [5.74, 6) is 0.607. The van der Waals surface area contributed by atoms with Gasteiger partial charge in [0.1, 0.15) is 0 Å². The molecule has 2 aromatic rings. The minimum atomic E-state index is -3.51. The molecule has 1 saturated heterocycles. The van der Waals surface area contributed by atoms with E-state index in [2.05, 4.69) is 14.9 Å². The zero-order valence-corrected chi connectivity index (χ0v) is 18.1. The Morgan fingerprint density at radius 2 is 1.77 bits per heavy atom. The molecular formula is C19H28N6O4S. The molecule has 1 N–H and O–H groups in total. The summed E-state index contributed by atoms with van der Waals surface area (Å²) in [6.45, 7) is 5.47. The van der Waals surface area contributed by atoms with Gasteiger partial charge in [-0.15, -0.1) is 5.10 Å². The average Bonchev–Trinajstić information content (AvgIpc) is 3.07. The van der Waals surface area contributed by atoms with Gasteiger partial charge in [0.15, 0.2) is 5.82 Å². The molecule has 11 heteroatoms. The Morgan fingerprint density at radius 1 is 1.07 bits per heavy atom. The first-order valence-electron chi connectivity index (χ1n) is 10.3. The molecule has 3 heterocycles. The summed E-state index contributed by atoms with van der Waals surface area (Å²) in [6, 6.07) is 4.97. The molecule has 0 aromatic carbocycles. The fraction of sp³-hybridized carbons (Fsp3) is 0.632. The first-order chi connectivity index (χ1) is 14.3. The molecule has 2 aliphatic rings. The summed E-state index contributed by atoms with van der Waals surface area (Å²) < 4.78 is 37.9. The maximum atomic E-state index is 12.6. The van der Waals surface area contributed by atoms with Crippen molar-refractivity contribution in [2.24, 2.45) is 0 Å². The number of aromatic nitrogens is 4. The maximum Gasteiger partial charge on any atom is 0.279 e. The van der Waals surface area contributed by atoms with Gasteiger partial charge in [0, 0.05) is 30.9 Å². The van der Waals surface area contributed by atoms with Crippen molar-refractivity contribution in [2.45, 2.75) is 51.6 Å². The topological polar surface area (TPSA) is 111 Å². The molecule has 30 heavy (non-hydrogen) atoms. The molecule has 0 unspecified atom stereocenters. The van der Waals surface area contributed by atoms with Gasteiger partial charge in [0.25, 0.3) is 15.8 Å². The Hall–Kier alpha value is -2.08. The molecule has 1 aliphatic carbocycles. The molecule has 2 fully saturated rings. The van der Waals surface area contributed by atoms with E-state index in [1.165, 1.54) is 15.1 Å². The Morgan fingerprint density at radius 3 is 2.40 bits per heavy atom. The van der Waals surface area contributed by atoms with Crippen LogP contribution < -0.4 is 10.3 Å². The molecule has 2 aromatic heterocycles. The lowest BCUT2D eigenvalue weighted by molar-refractivity contribution is 0.0721. The highest BCUT2D eigenvalue weighted by Crippen LogP contribution is 2.28. The third kappa shape index (κ3) is 4.48. The van der Waals surface area contributed by atoms with E-state index in [-0.39, 0.29) is 17.6 Å². The van der Waals surface area contributed by atoms with Gasteiger partial charge in [-0.3, -0.25) is 4.79 Å². The lowest BCUT2D eigenvalue weighted by atomic mass is 9.92. The highest BCUT2D eigenvalue weighted by atomic mass is 32.2. The van der Waals surface area contributed by atoms with Gasteiger partial charge in [0.05, 0.1) is 24.9 Å². The Labute approximate surface area is 176 Å². The molecule has 0 atom stereocenters. The Kier molecular flexibility index (Phi) is 6.05. The predicted molar refractivity (Wildman–Crippen MR) is 111 cm³/mol. The molecular weight excluding hydrogens is 408 g/mol. The standard InChI is InChI=1S/C19H28N6O4S/c1-14-13-15(2)24(20-14)18-7-8-19(26)25(21-18)17-5-3-16(4-6-17)22-30(27,28)23-9-11-29-12-10-23/h7-8,13,16-17,22H,3-6,9-12H2,1-2H3. The van der Waals surface area contributed by atoms with Crippen LogP contribution in [-0.2, 0) is 14.9 Å². The number of rotatable bonds is 5. The van der Waals surface area contributed by atoms with E-state index in [1.807, 2.05) is 19.9 Å². The fourth-order valence-corrected chi connectivity index (χ4v) is 5.60. The lowest BCUT2D eigenvalue weighted by Crippen LogP contribution is -2.50. The second kappa shape index (κ2) is 8.58. The van der Waals surface area contributed by atoms with Crippen molar-refractivity contribution in [1.82, 2.24) is 28.6 Å². The summed E-state index contributed by atoms with van der Waals surface area (Å²) in [6.07, 6.45) is 2.69. The molecule has 10 nitrogen and oxygen atoms in total. The van der Waals surface area contributed by atoms with Gasteiger partial charge < -0.3 is 4.74 Å². The summed E-state index contributed by atoms with van der Waals surface area (Å²) in [4.78, 5) is 12.4. The van der Waals surface area contributed by atoms with Crippen LogP contribution >= 0.6 is 0 Å². The number of nitrogens with one attached hydrogen (secondary N) is 1. The van der Waals surface area contributed by atoms with Crippen molar-refractivity contribution >= 4 is 10.2 Å². The van der Waals surface area contributed by atoms with Crippen LogP contribution in [0.4, 0.5) is 0 Å². The second-order valence-electron chi connectivity index (χ2n) is 7.95. The van der Waals surface area contributed by atoms with Crippen molar-refractivity contribution in [2.75, 3.05) is 26.3 Å². The summed E-state index contributed by atoms with van der Waals surface area (Å²) in [7, 11) is -3.51. The van der Waals surface area contributed by atoms with Crippen LogP contribution in [0.1, 0.15) is 43.1 Å². The van der Waals surface area contributed by atoms with Crippen molar-refractivity contribution in [3.05, 3.63) is 39.9 Å². The first-order valence-corrected chi connectivity index (χ1v) is 11.8. The smallest absolute Gasteiger partial charge is 0.279 e. The summed E-state index contributed by atoms with van der Waals surface area (Å²) >= 11 is 0. The molecule has 1 saturated carbocycles. The molecule has 0 radical (unpaired) electrons. The minimum Gasteiger partial charge on any atom is -0.379 e. The maximum absolute atomic E-state index is 12.6. The number of morpholine rings is 1.